The van der Waals surface area contributed by atoms with Crippen LogP contribution in [0, 0.1) is 0 Å². The molecule has 0 aromatic heterocycles. The van der Waals surface area contributed by atoms with Gasteiger partial charge in [0.2, 0.25) is 0 Å². The standard InChI is InChI=1S/C20H20ClNO3S/c1-26-17-9-7-16(8-10-17)22-18(23)13-25-19(24)20(11-2-12-20)14-3-5-15(21)6-4-14/h3-10H,2,11-13H2,1H3,(H,22,23). The predicted molar refractivity (Wildman–Crippen MR) is 105 cm³/mol. The molecule has 1 amide bonds. The number of halogens is 1. The second-order valence-corrected chi connectivity index (χ2v) is 7.61. The Balaban J connectivity index is 1.58. The lowest BCUT2D eigenvalue weighted by Crippen LogP contribution is -2.44. The van der Waals surface area contributed by atoms with Crippen molar-refractivity contribution in [1.82, 2.24) is 0 Å². The van der Waals surface area contributed by atoms with Gasteiger partial charge in [-0.15, -0.1) is 11.8 Å². The van der Waals surface area contributed by atoms with Crippen molar-refractivity contribution in [3.63, 3.8) is 0 Å². The van der Waals surface area contributed by atoms with Crippen molar-refractivity contribution in [3.8, 4) is 0 Å². The molecule has 3 rings (SSSR count). The van der Waals surface area contributed by atoms with Crippen LogP contribution in [0.15, 0.2) is 53.4 Å². The number of ether oxygens (including phenoxy) is 1. The van der Waals surface area contributed by atoms with Crippen molar-refractivity contribution in [3.05, 3.63) is 59.1 Å². The van der Waals surface area contributed by atoms with Crippen molar-refractivity contribution in [2.45, 2.75) is 29.6 Å². The zero-order valence-electron chi connectivity index (χ0n) is 14.5. The molecule has 6 heteroatoms. The molecule has 0 heterocycles. The average molecular weight is 390 g/mol. The number of thioether (sulfide) groups is 1. The third-order valence-corrected chi connectivity index (χ3v) is 5.70. The number of carbonyl (C=O) groups is 2. The van der Waals surface area contributed by atoms with Crippen LogP contribution in [0.5, 0.6) is 0 Å². The molecule has 136 valence electrons. The Morgan fingerprint density at radius 3 is 2.31 bits per heavy atom. The first-order valence-corrected chi connectivity index (χ1v) is 10.0. The maximum absolute atomic E-state index is 12.6. The summed E-state index contributed by atoms with van der Waals surface area (Å²) in [7, 11) is 0. The molecule has 2 aromatic carbocycles. The van der Waals surface area contributed by atoms with Crippen molar-refractivity contribution in [1.29, 1.82) is 0 Å². The van der Waals surface area contributed by atoms with Crippen LogP contribution in [0.1, 0.15) is 24.8 Å². The molecule has 1 fully saturated rings. The Morgan fingerprint density at radius 1 is 1.12 bits per heavy atom. The third kappa shape index (κ3) is 4.05. The molecule has 0 unspecified atom stereocenters. The third-order valence-electron chi connectivity index (χ3n) is 4.70. The summed E-state index contributed by atoms with van der Waals surface area (Å²) in [6, 6.07) is 14.8. The van der Waals surface area contributed by atoms with Crippen molar-refractivity contribution < 1.29 is 14.3 Å². The summed E-state index contributed by atoms with van der Waals surface area (Å²) in [5.74, 6) is -0.695. The number of esters is 1. The molecule has 1 saturated carbocycles. The lowest BCUT2D eigenvalue weighted by Gasteiger charge is -2.39. The molecule has 1 aliphatic rings. The van der Waals surface area contributed by atoms with Gasteiger partial charge >= 0.3 is 5.97 Å². The second-order valence-electron chi connectivity index (χ2n) is 6.30. The molecule has 0 bridgehead atoms. The minimum atomic E-state index is -0.648. The number of carbonyl (C=O) groups excluding carboxylic acids is 2. The molecule has 2 aromatic rings. The van der Waals surface area contributed by atoms with Crippen LogP contribution in [-0.2, 0) is 19.7 Å². The molecule has 0 aliphatic heterocycles. The molecule has 0 spiro atoms. The van der Waals surface area contributed by atoms with Gasteiger partial charge in [0.05, 0.1) is 5.41 Å². The lowest BCUT2D eigenvalue weighted by molar-refractivity contribution is -0.156. The van der Waals surface area contributed by atoms with Gasteiger partial charge in [0.15, 0.2) is 6.61 Å². The monoisotopic (exact) mass is 389 g/mol. The zero-order valence-corrected chi connectivity index (χ0v) is 16.0. The number of benzene rings is 2. The average Bonchev–Trinajstić information content (AvgIpc) is 2.61. The summed E-state index contributed by atoms with van der Waals surface area (Å²) in [6.07, 6.45) is 4.41. The SMILES string of the molecule is CSc1ccc(NC(=O)COC(=O)C2(c3ccc(Cl)cc3)CCC2)cc1. The van der Waals surface area contributed by atoms with Gasteiger partial charge in [-0.05, 0) is 61.1 Å². The first-order valence-electron chi connectivity index (χ1n) is 8.41. The highest BCUT2D eigenvalue weighted by Gasteiger charge is 2.47. The highest BCUT2D eigenvalue weighted by atomic mass is 35.5. The Labute approximate surface area is 162 Å². The van der Waals surface area contributed by atoms with E-state index in [0.717, 1.165) is 29.7 Å². The van der Waals surface area contributed by atoms with Crippen molar-refractivity contribution in [2.24, 2.45) is 0 Å². The smallest absolute Gasteiger partial charge is 0.317 e. The number of anilines is 1. The second kappa shape index (κ2) is 8.14. The molecule has 26 heavy (non-hydrogen) atoms. The fraction of sp³-hybridized carbons (Fsp3) is 0.300. The van der Waals surface area contributed by atoms with E-state index in [-0.39, 0.29) is 18.5 Å². The number of rotatable bonds is 6. The lowest BCUT2D eigenvalue weighted by atomic mass is 9.64. The summed E-state index contributed by atoms with van der Waals surface area (Å²) in [4.78, 5) is 25.8. The number of hydrogen-bond donors (Lipinski definition) is 1. The maximum atomic E-state index is 12.6. The molecule has 1 N–H and O–H groups in total. The summed E-state index contributed by atoms with van der Waals surface area (Å²) in [5.41, 5.74) is 0.927. The van der Waals surface area contributed by atoms with Crippen LogP contribution in [0.2, 0.25) is 5.02 Å². The Kier molecular flexibility index (Phi) is 5.89. The van der Waals surface area contributed by atoms with Gasteiger partial charge in [-0.3, -0.25) is 9.59 Å². The van der Waals surface area contributed by atoms with Crippen molar-refractivity contribution in [2.75, 3.05) is 18.2 Å². The van der Waals surface area contributed by atoms with Gasteiger partial charge in [-0.1, -0.05) is 30.2 Å². The van der Waals surface area contributed by atoms with Gasteiger partial charge < -0.3 is 10.1 Å². The Morgan fingerprint density at radius 2 is 1.77 bits per heavy atom. The van der Waals surface area contributed by atoms with E-state index in [4.69, 9.17) is 16.3 Å². The molecule has 0 saturated heterocycles. The van der Waals surface area contributed by atoms with Crippen LogP contribution >= 0.6 is 23.4 Å². The van der Waals surface area contributed by atoms with E-state index in [2.05, 4.69) is 5.32 Å². The molecule has 4 nitrogen and oxygen atoms in total. The molecular formula is C20H20ClNO3S. The minimum Gasteiger partial charge on any atom is -0.455 e. The van der Waals surface area contributed by atoms with Gasteiger partial charge in [-0.2, -0.15) is 0 Å². The minimum absolute atomic E-state index is 0.293. The van der Waals surface area contributed by atoms with E-state index in [1.807, 2.05) is 42.7 Å². The Bertz CT molecular complexity index is 786. The highest BCUT2D eigenvalue weighted by molar-refractivity contribution is 7.98. The summed E-state index contributed by atoms with van der Waals surface area (Å²) >= 11 is 7.56. The summed E-state index contributed by atoms with van der Waals surface area (Å²) in [5, 5.41) is 3.37. The Hall–Kier alpha value is -1.98. The van der Waals surface area contributed by atoms with Crippen LogP contribution in [-0.4, -0.2) is 24.7 Å². The van der Waals surface area contributed by atoms with E-state index in [1.54, 1.807) is 23.9 Å². The molecule has 0 radical (unpaired) electrons. The largest absolute Gasteiger partial charge is 0.455 e. The summed E-state index contributed by atoms with van der Waals surface area (Å²) < 4.78 is 5.32. The van der Waals surface area contributed by atoms with Crippen molar-refractivity contribution >= 4 is 40.9 Å². The van der Waals surface area contributed by atoms with Crippen LogP contribution in [0.3, 0.4) is 0 Å². The van der Waals surface area contributed by atoms with E-state index >= 15 is 0 Å². The number of nitrogens with one attached hydrogen (secondary N) is 1. The molecule has 0 atom stereocenters. The number of hydrogen-bond acceptors (Lipinski definition) is 4. The van der Waals surface area contributed by atoms with E-state index in [9.17, 15) is 9.59 Å². The molecular weight excluding hydrogens is 370 g/mol. The fourth-order valence-electron chi connectivity index (χ4n) is 3.05. The van der Waals surface area contributed by atoms with E-state index in [0.29, 0.717) is 10.7 Å². The van der Waals surface area contributed by atoms with Gasteiger partial charge in [0, 0.05) is 15.6 Å². The van der Waals surface area contributed by atoms with Crippen LogP contribution in [0.4, 0.5) is 5.69 Å². The van der Waals surface area contributed by atoms with Crippen LogP contribution < -0.4 is 5.32 Å². The first kappa shape index (κ1) is 18.8. The maximum Gasteiger partial charge on any atom is 0.317 e. The predicted octanol–water partition coefficient (Wildman–Crippen LogP) is 4.67. The zero-order chi connectivity index (χ0) is 18.6. The van der Waals surface area contributed by atoms with E-state index in [1.165, 1.54) is 0 Å². The first-order chi connectivity index (χ1) is 12.5. The van der Waals surface area contributed by atoms with Gasteiger partial charge in [-0.25, -0.2) is 0 Å². The topological polar surface area (TPSA) is 55.4 Å². The highest BCUT2D eigenvalue weighted by Crippen LogP contribution is 2.45. The molecule has 1 aliphatic carbocycles. The van der Waals surface area contributed by atoms with Crippen LogP contribution in [0.25, 0.3) is 0 Å². The van der Waals surface area contributed by atoms with E-state index < -0.39 is 5.41 Å². The van der Waals surface area contributed by atoms with Gasteiger partial charge in [0.25, 0.3) is 5.91 Å². The fourth-order valence-corrected chi connectivity index (χ4v) is 3.58. The normalized spacial score (nSPS) is 15.0. The van der Waals surface area contributed by atoms with Gasteiger partial charge in [0.1, 0.15) is 0 Å². The number of amides is 1. The summed E-state index contributed by atoms with van der Waals surface area (Å²) in [6.45, 7) is -0.293. The quantitative estimate of drug-likeness (QED) is 0.576.